The number of hydrogen-bond donors (Lipinski definition) is 0. The lowest BCUT2D eigenvalue weighted by molar-refractivity contribution is -0.137. The van der Waals surface area contributed by atoms with E-state index in [0.717, 1.165) is 17.0 Å². The van der Waals surface area contributed by atoms with Crippen LogP contribution < -0.4 is 4.90 Å². The Kier molecular flexibility index (Phi) is 2.93. The molecule has 3 amide bonds. The number of thioether (sulfide) groups is 1. The highest BCUT2D eigenvalue weighted by molar-refractivity contribution is 8.00. The Labute approximate surface area is 116 Å². The topological polar surface area (TPSA) is 40.6 Å². The number of imide groups is 1. The van der Waals surface area contributed by atoms with Crippen molar-refractivity contribution >= 4 is 29.4 Å². The summed E-state index contributed by atoms with van der Waals surface area (Å²) in [7, 11) is 0. The molecule has 0 aromatic heterocycles. The molecule has 20 heavy (non-hydrogen) atoms. The van der Waals surface area contributed by atoms with E-state index < -0.39 is 29.1 Å². The molecule has 2 saturated heterocycles. The van der Waals surface area contributed by atoms with Crippen molar-refractivity contribution < 1.29 is 22.8 Å². The largest absolute Gasteiger partial charge is 0.416 e. The number of benzene rings is 1. The maximum atomic E-state index is 12.7. The molecule has 0 aliphatic carbocycles. The van der Waals surface area contributed by atoms with Gasteiger partial charge in [0.05, 0.1) is 11.3 Å². The number of amides is 3. The minimum atomic E-state index is -4.51. The minimum Gasteiger partial charge on any atom is -0.302 e. The lowest BCUT2D eigenvalue weighted by atomic mass is 10.2. The fraction of sp³-hybridized carbons (Fsp3) is 0.333. The van der Waals surface area contributed by atoms with E-state index in [-0.39, 0.29) is 5.69 Å². The lowest BCUT2D eigenvalue weighted by Crippen LogP contribution is -2.33. The standard InChI is InChI=1S/C12H9F3N2O2S/c13-12(14,15)7-2-1-3-8(6-7)17-9(18)10-16(11(17)19)4-5-20-10/h1-3,6,10H,4-5H2. The predicted molar refractivity (Wildman–Crippen MR) is 67.3 cm³/mol. The number of anilines is 1. The van der Waals surface area contributed by atoms with Crippen molar-refractivity contribution in [2.24, 2.45) is 0 Å². The van der Waals surface area contributed by atoms with Crippen LogP contribution in [0.3, 0.4) is 0 Å². The highest BCUT2D eigenvalue weighted by Crippen LogP contribution is 2.37. The normalized spacial score (nSPS) is 22.6. The Morgan fingerprint density at radius 3 is 2.65 bits per heavy atom. The van der Waals surface area contributed by atoms with Crippen LogP contribution in [0.4, 0.5) is 23.7 Å². The van der Waals surface area contributed by atoms with E-state index in [2.05, 4.69) is 0 Å². The second-order valence-electron chi connectivity index (χ2n) is 4.42. The van der Waals surface area contributed by atoms with Crippen LogP contribution in [0, 0.1) is 0 Å². The number of alkyl halides is 3. The number of carbonyl (C=O) groups excluding carboxylic acids is 2. The van der Waals surface area contributed by atoms with Crippen molar-refractivity contribution in [3.05, 3.63) is 29.8 Å². The van der Waals surface area contributed by atoms with Crippen LogP contribution in [-0.4, -0.2) is 34.5 Å². The molecule has 0 spiro atoms. The van der Waals surface area contributed by atoms with Crippen LogP contribution in [0.5, 0.6) is 0 Å². The van der Waals surface area contributed by atoms with Gasteiger partial charge in [0, 0.05) is 12.3 Å². The van der Waals surface area contributed by atoms with E-state index >= 15 is 0 Å². The maximum absolute atomic E-state index is 12.7. The van der Waals surface area contributed by atoms with Crippen molar-refractivity contribution in [2.45, 2.75) is 11.6 Å². The van der Waals surface area contributed by atoms with Gasteiger partial charge in [0.2, 0.25) is 0 Å². The highest BCUT2D eigenvalue weighted by Gasteiger charge is 2.49. The van der Waals surface area contributed by atoms with E-state index in [1.165, 1.54) is 28.8 Å². The van der Waals surface area contributed by atoms with Gasteiger partial charge in [-0.1, -0.05) is 6.07 Å². The molecule has 0 N–H and O–H groups in total. The number of carbonyl (C=O) groups is 2. The van der Waals surface area contributed by atoms with Gasteiger partial charge < -0.3 is 4.90 Å². The predicted octanol–water partition coefficient (Wildman–Crippen LogP) is 2.55. The van der Waals surface area contributed by atoms with Gasteiger partial charge in [0.15, 0.2) is 5.37 Å². The Bertz CT molecular complexity index is 568. The summed E-state index contributed by atoms with van der Waals surface area (Å²) in [4.78, 5) is 26.4. The maximum Gasteiger partial charge on any atom is 0.416 e. The molecule has 106 valence electrons. The molecule has 1 aromatic carbocycles. The number of fused-ring (bicyclic) bond motifs is 1. The lowest BCUT2D eigenvalue weighted by Gasteiger charge is -2.16. The van der Waals surface area contributed by atoms with Gasteiger partial charge in [-0.3, -0.25) is 4.79 Å². The van der Waals surface area contributed by atoms with Gasteiger partial charge in [-0.05, 0) is 18.2 Å². The molecule has 8 heteroatoms. The van der Waals surface area contributed by atoms with Crippen LogP contribution >= 0.6 is 11.8 Å². The first kappa shape index (κ1) is 13.3. The van der Waals surface area contributed by atoms with E-state index in [1.54, 1.807) is 0 Å². The first-order chi connectivity index (χ1) is 9.39. The van der Waals surface area contributed by atoms with Gasteiger partial charge in [-0.15, -0.1) is 11.8 Å². The summed E-state index contributed by atoms with van der Waals surface area (Å²) in [5.74, 6) is 0.190. The molecule has 4 nitrogen and oxygen atoms in total. The molecule has 2 fully saturated rings. The molecular formula is C12H9F3N2O2S. The van der Waals surface area contributed by atoms with Gasteiger partial charge >= 0.3 is 12.2 Å². The first-order valence-corrected chi connectivity index (χ1v) is 6.88. The average Bonchev–Trinajstić information content (AvgIpc) is 2.94. The first-order valence-electron chi connectivity index (χ1n) is 5.83. The molecule has 3 rings (SSSR count). The number of nitrogens with zero attached hydrogens (tertiary/aromatic N) is 2. The fourth-order valence-electron chi connectivity index (χ4n) is 2.26. The van der Waals surface area contributed by atoms with Crippen molar-refractivity contribution in [3.8, 4) is 0 Å². The Morgan fingerprint density at radius 1 is 1.25 bits per heavy atom. The van der Waals surface area contributed by atoms with E-state index in [0.29, 0.717) is 12.3 Å². The zero-order valence-corrected chi connectivity index (χ0v) is 10.9. The molecular weight excluding hydrogens is 293 g/mol. The SMILES string of the molecule is O=C1C2SCCN2C(=O)N1c1cccc(C(F)(F)F)c1. The van der Waals surface area contributed by atoms with Crippen LogP contribution in [0.2, 0.25) is 0 Å². The molecule has 0 bridgehead atoms. The van der Waals surface area contributed by atoms with Crippen molar-refractivity contribution in [2.75, 3.05) is 17.2 Å². The zero-order chi connectivity index (χ0) is 14.5. The number of rotatable bonds is 1. The smallest absolute Gasteiger partial charge is 0.302 e. The Balaban J connectivity index is 1.98. The third kappa shape index (κ3) is 1.94. The van der Waals surface area contributed by atoms with E-state index in [1.807, 2.05) is 0 Å². The minimum absolute atomic E-state index is 0.0372. The van der Waals surface area contributed by atoms with Crippen LogP contribution in [0.25, 0.3) is 0 Å². The highest BCUT2D eigenvalue weighted by atomic mass is 32.2. The molecule has 2 aliphatic heterocycles. The third-order valence-electron chi connectivity index (χ3n) is 3.19. The van der Waals surface area contributed by atoms with Crippen LogP contribution in [0.1, 0.15) is 5.56 Å². The summed E-state index contributed by atoms with van der Waals surface area (Å²) in [5, 5.41) is -0.600. The fourth-order valence-corrected chi connectivity index (χ4v) is 3.41. The molecule has 1 aromatic rings. The monoisotopic (exact) mass is 302 g/mol. The van der Waals surface area contributed by atoms with Crippen molar-refractivity contribution in [1.82, 2.24) is 4.90 Å². The summed E-state index contributed by atoms with van der Waals surface area (Å²) in [6.45, 7) is 0.440. The summed E-state index contributed by atoms with van der Waals surface area (Å²) < 4.78 is 38.0. The molecule has 2 aliphatic rings. The van der Waals surface area contributed by atoms with Gasteiger partial charge in [0.25, 0.3) is 5.91 Å². The Hall–Kier alpha value is -1.70. The summed E-state index contributed by atoms with van der Waals surface area (Å²) in [5.41, 5.74) is -0.917. The van der Waals surface area contributed by atoms with Gasteiger partial charge in [0.1, 0.15) is 0 Å². The summed E-state index contributed by atoms with van der Waals surface area (Å²) >= 11 is 1.32. The summed E-state index contributed by atoms with van der Waals surface area (Å²) in [6.07, 6.45) is -4.51. The quantitative estimate of drug-likeness (QED) is 0.749. The van der Waals surface area contributed by atoms with Crippen LogP contribution in [-0.2, 0) is 11.0 Å². The Morgan fingerprint density at radius 2 is 2.00 bits per heavy atom. The van der Waals surface area contributed by atoms with Crippen LogP contribution in [0.15, 0.2) is 24.3 Å². The summed E-state index contributed by atoms with van der Waals surface area (Å²) in [6, 6.07) is 3.70. The van der Waals surface area contributed by atoms with Gasteiger partial charge in [-0.2, -0.15) is 13.2 Å². The number of hydrogen-bond acceptors (Lipinski definition) is 3. The second-order valence-corrected chi connectivity index (χ2v) is 5.61. The second kappa shape index (κ2) is 4.41. The number of urea groups is 1. The zero-order valence-electron chi connectivity index (χ0n) is 10.1. The van der Waals surface area contributed by atoms with Crippen molar-refractivity contribution in [3.63, 3.8) is 0 Å². The average molecular weight is 302 g/mol. The van der Waals surface area contributed by atoms with E-state index in [4.69, 9.17) is 0 Å². The number of halogens is 3. The molecule has 0 radical (unpaired) electrons. The van der Waals surface area contributed by atoms with Crippen molar-refractivity contribution in [1.29, 1.82) is 0 Å². The third-order valence-corrected chi connectivity index (χ3v) is 4.38. The van der Waals surface area contributed by atoms with E-state index in [9.17, 15) is 22.8 Å². The molecule has 0 saturated carbocycles. The van der Waals surface area contributed by atoms with Gasteiger partial charge in [-0.25, -0.2) is 9.69 Å². The molecule has 2 heterocycles. The molecule has 1 atom stereocenters. The molecule has 1 unspecified atom stereocenters.